The molecule has 0 saturated heterocycles. The lowest BCUT2D eigenvalue weighted by atomic mass is 10.2. The highest BCUT2D eigenvalue weighted by atomic mass is 79.9. The molecule has 0 aliphatic heterocycles. The van der Waals surface area contributed by atoms with E-state index in [2.05, 4.69) is 34.3 Å². The summed E-state index contributed by atoms with van der Waals surface area (Å²) in [5, 5.41) is 0.419. The molecule has 1 aliphatic carbocycles. The van der Waals surface area contributed by atoms with E-state index < -0.39 is 0 Å². The average molecular weight is 284 g/mol. The summed E-state index contributed by atoms with van der Waals surface area (Å²) >= 11 is 3.24. The summed E-state index contributed by atoms with van der Waals surface area (Å²) in [4.78, 5) is 11.8. The topological polar surface area (TPSA) is 22.0 Å². The van der Waals surface area contributed by atoms with E-state index in [1.54, 1.807) is 0 Å². The first kappa shape index (κ1) is 11.9. The highest BCUT2D eigenvalue weighted by molar-refractivity contribution is 9.09. The molecule has 1 aromatic rings. The van der Waals surface area contributed by atoms with Crippen LogP contribution in [0.3, 0.4) is 0 Å². The van der Waals surface area contributed by atoms with Gasteiger partial charge < -0.3 is 4.57 Å². The summed E-state index contributed by atoms with van der Waals surface area (Å²) in [6, 6.07) is 2.66. The molecule has 0 bridgehead atoms. The lowest BCUT2D eigenvalue weighted by Crippen LogP contribution is -2.10. The molecule has 0 N–H and O–H groups in total. The second kappa shape index (κ2) is 4.74. The van der Waals surface area contributed by atoms with Crippen molar-refractivity contribution in [2.75, 3.05) is 5.33 Å². The highest BCUT2D eigenvalue weighted by Gasteiger charge is 2.22. The van der Waals surface area contributed by atoms with Gasteiger partial charge in [0.1, 0.15) is 0 Å². The Balaban J connectivity index is 2.38. The Bertz CT molecular complexity index is 402. The van der Waals surface area contributed by atoms with Gasteiger partial charge in [0.25, 0.3) is 0 Å². The van der Waals surface area contributed by atoms with Gasteiger partial charge in [-0.25, -0.2) is 0 Å². The van der Waals surface area contributed by atoms with Gasteiger partial charge in [-0.05, 0) is 32.8 Å². The van der Waals surface area contributed by atoms with Gasteiger partial charge in [0.05, 0.1) is 5.33 Å². The predicted molar refractivity (Wildman–Crippen MR) is 69.5 cm³/mol. The third kappa shape index (κ3) is 1.97. The summed E-state index contributed by atoms with van der Waals surface area (Å²) in [6.07, 6.45) is 5.17. The number of carbonyl (C=O) groups excluding carboxylic acids is 1. The van der Waals surface area contributed by atoms with E-state index in [1.807, 2.05) is 6.07 Å². The molecule has 3 heteroatoms. The minimum Gasteiger partial charge on any atom is -0.345 e. The Labute approximate surface area is 105 Å². The Kier molecular flexibility index (Phi) is 3.53. The lowest BCUT2D eigenvalue weighted by molar-refractivity contribution is 0.102. The molecule has 1 heterocycles. The fraction of sp³-hybridized carbons (Fsp3) is 0.615. The quantitative estimate of drug-likeness (QED) is 0.611. The number of hydrogen-bond donors (Lipinski definition) is 0. The van der Waals surface area contributed by atoms with Gasteiger partial charge in [-0.1, -0.05) is 28.8 Å². The summed E-state index contributed by atoms with van der Waals surface area (Å²) < 4.78 is 2.36. The van der Waals surface area contributed by atoms with Crippen molar-refractivity contribution in [3.05, 3.63) is 23.0 Å². The molecule has 88 valence electrons. The number of aryl methyl sites for hydroxylation is 1. The van der Waals surface area contributed by atoms with E-state index in [0.717, 1.165) is 11.3 Å². The van der Waals surface area contributed by atoms with Crippen molar-refractivity contribution in [3.63, 3.8) is 0 Å². The number of aromatic nitrogens is 1. The van der Waals surface area contributed by atoms with Crippen LogP contribution in [0.1, 0.15) is 53.5 Å². The molecule has 0 aromatic carbocycles. The molecule has 0 atom stereocenters. The molecule has 0 radical (unpaired) electrons. The summed E-state index contributed by atoms with van der Waals surface area (Å²) in [5.41, 5.74) is 3.27. The third-order valence-electron chi connectivity index (χ3n) is 3.60. The van der Waals surface area contributed by atoms with Crippen molar-refractivity contribution >= 4 is 21.7 Å². The van der Waals surface area contributed by atoms with Crippen LogP contribution in [0.2, 0.25) is 0 Å². The fourth-order valence-electron chi connectivity index (χ4n) is 2.86. The van der Waals surface area contributed by atoms with Gasteiger partial charge in [0.15, 0.2) is 5.78 Å². The van der Waals surface area contributed by atoms with Gasteiger partial charge in [-0.3, -0.25) is 4.79 Å². The number of Topliss-reactive ketones (excluding diaryl/α,β-unsaturated/α-hetero) is 1. The maximum absolute atomic E-state index is 11.8. The minimum absolute atomic E-state index is 0.192. The van der Waals surface area contributed by atoms with Gasteiger partial charge in [0, 0.05) is 23.0 Å². The van der Waals surface area contributed by atoms with Gasteiger partial charge >= 0.3 is 0 Å². The predicted octanol–water partition coefficient (Wildman–Crippen LogP) is 3.80. The number of carbonyl (C=O) groups is 1. The molecule has 1 aromatic heterocycles. The first-order chi connectivity index (χ1) is 7.65. The second-order valence-electron chi connectivity index (χ2n) is 4.65. The minimum atomic E-state index is 0.192. The van der Waals surface area contributed by atoms with Crippen LogP contribution in [0.4, 0.5) is 0 Å². The van der Waals surface area contributed by atoms with Crippen LogP contribution in [-0.4, -0.2) is 15.7 Å². The van der Waals surface area contributed by atoms with Crippen LogP contribution in [0, 0.1) is 13.8 Å². The maximum atomic E-state index is 11.8. The van der Waals surface area contributed by atoms with E-state index >= 15 is 0 Å². The Morgan fingerprint density at radius 1 is 1.44 bits per heavy atom. The molecule has 1 saturated carbocycles. The van der Waals surface area contributed by atoms with E-state index in [1.165, 1.54) is 31.4 Å². The van der Waals surface area contributed by atoms with Crippen molar-refractivity contribution in [1.29, 1.82) is 0 Å². The normalized spacial score (nSPS) is 16.9. The van der Waals surface area contributed by atoms with Crippen molar-refractivity contribution in [2.45, 2.75) is 45.6 Å². The first-order valence-electron chi connectivity index (χ1n) is 5.92. The number of rotatable bonds is 3. The molecule has 16 heavy (non-hydrogen) atoms. The number of alkyl halides is 1. The van der Waals surface area contributed by atoms with Gasteiger partial charge in [-0.15, -0.1) is 0 Å². The number of hydrogen-bond acceptors (Lipinski definition) is 1. The van der Waals surface area contributed by atoms with Gasteiger partial charge in [0.2, 0.25) is 0 Å². The Morgan fingerprint density at radius 2 is 2.06 bits per heavy atom. The molecule has 1 aliphatic rings. The summed E-state index contributed by atoms with van der Waals surface area (Å²) in [7, 11) is 0. The van der Waals surface area contributed by atoms with E-state index in [4.69, 9.17) is 0 Å². The van der Waals surface area contributed by atoms with Crippen molar-refractivity contribution in [1.82, 2.24) is 4.57 Å². The second-order valence-corrected chi connectivity index (χ2v) is 5.21. The number of ketones is 1. The highest BCUT2D eigenvalue weighted by Crippen LogP contribution is 2.33. The molecule has 1 fully saturated rings. The van der Waals surface area contributed by atoms with Crippen LogP contribution < -0.4 is 0 Å². The molecule has 2 rings (SSSR count). The zero-order valence-corrected chi connectivity index (χ0v) is 11.5. The van der Waals surface area contributed by atoms with Crippen molar-refractivity contribution in [3.8, 4) is 0 Å². The monoisotopic (exact) mass is 283 g/mol. The largest absolute Gasteiger partial charge is 0.345 e. The molecular formula is C13H18BrNO. The van der Waals surface area contributed by atoms with Crippen LogP contribution in [0.15, 0.2) is 6.07 Å². The van der Waals surface area contributed by atoms with Crippen molar-refractivity contribution in [2.24, 2.45) is 0 Å². The molecule has 2 nitrogen and oxygen atoms in total. The molecule has 0 spiro atoms. The maximum Gasteiger partial charge on any atom is 0.175 e. The average Bonchev–Trinajstić information content (AvgIpc) is 2.86. The summed E-state index contributed by atoms with van der Waals surface area (Å²) in [6.45, 7) is 4.18. The van der Waals surface area contributed by atoms with Crippen LogP contribution in [0.5, 0.6) is 0 Å². The number of nitrogens with zero attached hydrogens (tertiary/aromatic N) is 1. The lowest BCUT2D eigenvalue weighted by Gasteiger charge is -2.17. The molecular weight excluding hydrogens is 266 g/mol. The smallest absolute Gasteiger partial charge is 0.175 e. The zero-order chi connectivity index (χ0) is 11.7. The number of halogens is 1. The zero-order valence-electron chi connectivity index (χ0n) is 9.92. The SMILES string of the molecule is Cc1cc(C(=O)CBr)c(C)n1C1CCCC1. The Hall–Kier alpha value is -0.570. The summed E-state index contributed by atoms with van der Waals surface area (Å²) in [5.74, 6) is 0.192. The fourth-order valence-corrected chi connectivity index (χ4v) is 3.16. The molecule has 0 amide bonds. The van der Waals surface area contributed by atoms with Crippen LogP contribution in [0.25, 0.3) is 0 Å². The first-order valence-corrected chi connectivity index (χ1v) is 7.05. The van der Waals surface area contributed by atoms with Crippen LogP contribution >= 0.6 is 15.9 Å². The van der Waals surface area contributed by atoms with Gasteiger partial charge in [-0.2, -0.15) is 0 Å². The van der Waals surface area contributed by atoms with E-state index in [9.17, 15) is 4.79 Å². The molecule has 0 unspecified atom stereocenters. The van der Waals surface area contributed by atoms with E-state index in [-0.39, 0.29) is 5.78 Å². The van der Waals surface area contributed by atoms with Crippen molar-refractivity contribution < 1.29 is 4.79 Å². The third-order valence-corrected chi connectivity index (χ3v) is 4.11. The van der Waals surface area contributed by atoms with Crippen LogP contribution in [-0.2, 0) is 0 Å². The standard InChI is InChI=1S/C13H18BrNO/c1-9-7-12(13(16)8-14)10(2)15(9)11-5-3-4-6-11/h7,11H,3-6,8H2,1-2H3. The Morgan fingerprint density at radius 3 is 2.62 bits per heavy atom. The van der Waals surface area contributed by atoms with E-state index in [0.29, 0.717) is 11.4 Å².